The fourth-order valence-electron chi connectivity index (χ4n) is 2.76. The molecule has 0 aliphatic carbocycles. The fourth-order valence-corrected chi connectivity index (χ4v) is 3.98. The van der Waals surface area contributed by atoms with E-state index in [0.29, 0.717) is 36.1 Å². The fraction of sp³-hybridized carbons (Fsp3) is 0.375. The molecule has 1 aromatic heterocycles. The number of hydrogen-bond donors (Lipinski definition) is 1. The maximum Gasteiger partial charge on any atom is 0.416 e. The average Bonchev–Trinajstić information content (AvgIpc) is 2.87. The molecule has 1 aromatic carbocycles. The summed E-state index contributed by atoms with van der Waals surface area (Å²) in [7, 11) is 1.77. The molecule has 0 spiro atoms. The number of hydrogen-bond acceptors (Lipinski definition) is 5. The van der Waals surface area contributed by atoms with Gasteiger partial charge in [0.15, 0.2) is 5.13 Å². The molecule has 3 rings (SSSR count). The summed E-state index contributed by atoms with van der Waals surface area (Å²) in [5.74, 6) is -0.244. The molecule has 1 aliphatic rings. The molecule has 0 unspecified atom stereocenters. The molecule has 5 nitrogen and oxygen atoms in total. The lowest BCUT2D eigenvalue weighted by atomic mass is 10.1. The van der Waals surface area contributed by atoms with Gasteiger partial charge in [-0.05, 0) is 18.2 Å². The van der Waals surface area contributed by atoms with Crippen LogP contribution in [0.2, 0.25) is 5.15 Å². The van der Waals surface area contributed by atoms with Gasteiger partial charge in [0.2, 0.25) is 5.91 Å². The summed E-state index contributed by atoms with van der Waals surface area (Å²) >= 11 is 7.40. The van der Waals surface area contributed by atoms with E-state index in [9.17, 15) is 18.0 Å². The van der Waals surface area contributed by atoms with Crippen molar-refractivity contribution in [3.05, 3.63) is 33.8 Å². The summed E-state index contributed by atoms with van der Waals surface area (Å²) in [5, 5.41) is 3.27. The van der Waals surface area contributed by atoms with Gasteiger partial charge in [-0.25, -0.2) is 4.98 Å². The van der Waals surface area contributed by atoms with Crippen LogP contribution < -0.4 is 15.1 Å². The Hall–Kier alpha value is -2.00. The van der Waals surface area contributed by atoms with E-state index in [4.69, 9.17) is 11.6 Å². The molecule has 0 atom stereocenters. The first-order valence-corrected chi connectivity index (χ1v) is 8.94. The van der Waals surface area contributed by atoms with Crippen molar-refractivity contribution in [2.24, 2.45) is 0 Å². The monoisotopic (exact) mass is 404 g/mol. The van der Waals surface area contributed by atoms with Gasteiger partial charge >= 0.3 is 6.18 Å². The SMILES string of the molecule is CC(=O)Nc1nc(Cl)c(CN2CCN(C)c3cc(C(F)(F)F)ccc32)s1. The Morgan fingerprint density at radius 1 is 1.35 bits per heavy atom. The maximum atomic E-state index is 13.0. The minimum Gasteiger partial charge on any atom is -0.371 e. The van der Waals surface area contributed by atoms with E-state index in [1.54, 1.807) is 11.9 Å². The summed E-state index contributed by atoms with van der Waals surface area (Å²) in [4.78, 5) is 19.8. The van der Waals surface area contributed by atoms with Gasteiger partial charge in [0.1, 0.15) is 5.15 Å². The molecule has 0 bridgehead atoms. The van der Waals surface area contributed by atoms with Crippen LogP contribution in [0.5, 0.6) is 0 Å². The van der Waals surface area contributed by atoms with Gasteiger partial charge in [0.25, 0.3) is 0 Å². The third kappa shape index (κ3) is 3.88. The second kappa shape index (κ2) is 6.96. The number of carbonyl (C=O) groups is 1. The number of amides is 1. The average molecular weight is 405 g/mol. The predicted molar refractivity (Wildman–Crippen MR) is 97.2 cm³/mol. The highest BCUT2D eigenvalue weighted by atomic mass is 35.5. The number of thiazole rings is 1. The second-order valence-corrected chi connectivity index (χ2v) is 7.40. The smallest absolute Gasteiger partial charge is 0.371 e. The summed E-state index contributed by atoms with van der Waals surface area (Å²) in [5.41, 5.74) is 0.555. The molecule has 0 radical (unpaired) electrons. The van der Waals surface area contributed by atoms with Gasteiger partial charge < -0.3 is 15.1 Å². The van der Waals surface area contributed by atoms with Crippen molar-refractivity contribution >= 4 is 45.4 Å². The first kappa shape index (κ1) is 18.8. The zero-order chi connectivity index (χ0) is 19.1. The zero-order valence-electron chi connectivity index (χ0n) is 14.0. The highest BCUT2D eigenvalue weighted by molar-refractivity contribution is 7.16. The number of nitrogens with zero attached hydrogens (tertiary/aromatic N) is 3. The van der Waals surface area contributed by atoms with Crippen molar-refractivity contribution in [1.29, 1.82) is 0 Å². The number of rotatable bonds is 3. The Labute approximate surface area is 157 Å². The molecule has 0 saturated heterocycles. The van der Waals surface area contributed by atoms with Gasteiger partial charge in [0.05, 0.1) is 28.4 Å². The molecular formula is C16H16ClF3N4OS. The number of anilines is 3. The highest BCUT2D eigenvalue weighted by Gasteiger charge is 2.33. The topological polar surface area (TPSA) is 48.5 Å². The summed E-state index contributed by atoms with van der Waals surface area (Å²) in [6.45, 7) is 3.01. The van der Waals surface area contributed by atoms with Gasteiger partial charge in [0, 0.05) is 27.1 Å². The molecule has 1 amide bonds. The number of fused-ring (bicyclic) bond motifs is 1. The first-order chi connectivity index (χ1) is 12.1. The van der Waals surface area contributed by atoms with Crippen molar-refractivity contribution < 1.29 is 18.0 Å². The van der Waals surface area contributed by atoms with Gasteiger partial charge in [-0.1, -0.05) is 22.9 Å². The summed E-state index contributed by atoms with van der Waals surface area (Å²) in [6, 6.07) is 3.73. The third-order valence-corrected chi connectivity index (χ3v) is 5.41. The molecular weight excluding hydrogens is 389 g/mol. The number of alkyl halides is 3. The second-order valence-electron chi connectivity index (χ2n) is 5.96. The number of aromatic nitrogens is 1. The van der Waals surface area contributed by atoms with Crippen LogP contribution in [-0.4, -0.2) is 31.0 Å². The van der Waals surface area contributed by atoms with E-state index in [1.165, 1.54) is 30.4 Å². The predicted octanol–water partition coefficient (Wildman–Crippen LogP) is 4.23. The normalized spacial score (nSPS) is 14.4. The molecule has 0 saturated carbocycles. The van der Waals surface area contributed by atoms with Crippen LogP contribution >= 0.6 is 22.9 Å². The summed E-state index contributed by atoms with van der Waals surface area (Å²) < 4.78 is 39.0. The Kier molecular flexibility index (Phi) is 5.03. The van der Waals surface area contributed by atoms with E-state index >= 15 is 0 Å². The van der Waals surface area contributed by atoms with Crippen LogP contribution in [0.15, 0.2) is 18.2 Å². The van der Waals surface area contributed by atoms with Crippen LogP contribution in [0.3, 0.4) is 0 Å². The minimum atomic E-state index is -4.38. The van der Waals surface area contributed by atoms with Crippen molar-refractivity contribution in [2.45, 2.75) is 19.6 Å². The molecule has 2 aromatic rings. The van der Waals surface area contributed by atoms with E-state index in [0.717, 1.165) is 10.9 Å². The Balaban J connectivity index is 1.89. The van der Waals surface area contributed by atoms with Crippen LogP contribution in [0.1, 0.15) is 17.4 Å². The quantitative estimate of drug-likeness (QED) is 0.831. The minimum absolute atomic E-state index is 0.244. The largest absolute Gasteiger partial charge is 0.416 e. The zero-order valence-corrected chi connectivity index (χ0v) is 15.6. The number of carbonyl (C=O) groups excluding carboxylic acids is 1. The molecule has 1 N–H and O–H groups in total. The Bertz CT molecular complexity index is 839. The molecule has 1 aliphatic heterocycles. The number of nitrogens with one attached hydrogen (secondary N) is 1. The number of likely N-dealkylation sites (N-methyl/N-ethyl adjacent to an activating group) is 1. The lowest BCUT2D eigenvalue weighted by Crippen LogP contribution is -2.38. The lowest BCUT2D eigenvalue weighted by Gasteiger charge is -2.37. The van der Waals surface area contributed by atoms with Crippen LogP contribution in [-0.2, 0) is 17.5 Å². The Morgan fingerprint density at radius 2 is 2.08 bits per heavy atom. The third-order valence-electron chi connectivity index (χ3n) is 4.03. The number of benzene rings is 1. The molecule has 0 fully saturated rings. The standard InChI is InChI=1S/C16H16ClF3N4OS/c1-9(25)21-15-22-14(17)13(26-15)8-24-6-5-23(2)12-7-10(16(18,19)20)3-4-11(12)24/h3-4,7H,5-6,8H2,1-2H3,(H,21,22,25). The van der Waals surface area contributed by atoms with Crippen molar-refractivity contribution in [3.8, 4) is 0 Å². The van der Waals surface area contributed by atoms with Gasteiger partial charge in [-0.2, -0.15) is 13.2 Å². The van der Waals surface area contributed by atoms with Crippen molar-refractivity contribution in [3.63, 3.8) is 0 Å². The van der Waals surface area contributed by atoms with E-state index < -0.39 is 11.7 Å². The summed E-state index contributed by atoms with van der Waals surface area (Å²) in [6.07, 6.45) is -4.38. The molecule has 140 valence electrons. The lowest BCUT2D eigenvalue weighted by molar-refractivity contribution is -0.137. The molecule has 10 heteroatoms. The van der Waals surface area contributed by atoms with Crippen LogP contribution in [0.25, 0.3) is 0 Å². The highest BCUT2D eigenvalue weighted by Crippen LogP contribution is 2.40. The van der Waals surface area contributed by atoms with Gasteiger partial charge in [-0.15, -0.1) is 0 Å². The first-order valence-electron chi connectivity index (χ1n) is 7.75. The van der Waals surface area contributed by atoms with E-state index in [1.807, 2.05) is 4.90 Å². The van der Waals surface area contributed by atoms with Crippen LogP contribution in [0.4, 0.5) is 29.7 Å². The van der Waals surface area contributed by atoms with E-state index in [2.05, 4.69) is 10.3 Å². The number of halogens is 4. The van der Waals surface area contributed by atoms with Crippen LogP contribution in [0, 0.1) is 0 Å². The maximum absolute atomic E-state index is 13.0. The van der Waals surface area contributed by atoms with Crippen molar-refractivity contribution in [2.75, 3.05) is 35.3 Å². The molecule has 2 heterocycles. The van der Waals surface area contributed by atoms with Gasteiger partial charge in [-0.3, -0.25) is 4.79 Å². The van der Waals surface area contributed by atoms with Crippen molar-refractivity contribution in [1.82, 2.24) is 4.98 Å². The Morgan fingerprint density at radius 3 is 2.73 bits per heavy atom. The van der Waals surface area contributed by atoms with E-state index in [-0.39, 0.29) is 11.1 Å². The molecule has 26 heavy (non-hydrogen) atoms.